The van der Waals surface area contributed by atoms with Gasteiger partial charge in [-0.05, 0) is 18.4 Å². The molecule has 0 fully saturated rings. The van der Waals surface area contributed by atoms with E-state index in [1.54, 1.807) is 25.5 Å². The zero-order valence-corrected chi connectivity index (χ0v) is 21.1. The molecule has 0 aliphatic carbocycles. The number of hydrogen-bond acceptors (Lipinski definition) is 5. The van der Waals surface area contributed by atoms with Gasteiger partial charge in [0, 0.05) is 33.1 Å². The summed E-state index contributed by atoms with van der Waals surface area (Å²) in [5.74, 6) is 1.23. The lowest BCUT2D eigenvalue weighted by atomic mass is 10.2. The summed E-state index contributed by atoms with van der Waals surface area (Å²) in [5.41, 5.74) is 2.22. The standard InChI is InChI=1S/C21H32N4O2S.HI/c1-16(13-27-14-18-9-7-6-8-10-18)11-23-21(22-3)25(4)12-19-15-28-20(24-19)17(2)26-5;/h6-10,15-17H,11-14H2,1-5H3,(H,22,23);1H. The number of thiazole rings is 1. The highest BCUT2D eigenvalue weighted by atomic mass is 127. The number of nitrogens with zero attached hydrogens (tertiary/aromatic N) is 3. The lowest BCUT2D eigenvalue weighted by Gasteiger charge is -2.23. The number of benzene rings is 1. The van der Waals surface area contributed by atoms with E-state index in [4.69, 9.17) is 9.47 Å². The third kappa shape index (κ3) is 8.98. The maximum absolute atomic E-state index is 5.83. The number of methoxy groups -OCH3 is 1. The van der Waals surface area contributed by atoms with Gasteiger partial charge >= 0.3 is 0 Å². The van der Waals surface area contributed by atoms with Crippen LogP contribution >= 0.6 is 35.3 Å². The van der Waals surface area contributed by atoms with Gasteiger partial charge < -0.3 is 19.7 Å². The van der Waals surface area contributed by atoms with Gasteiger partial charge in [-0.2, -0.15) is 0 Å². The van der Waals surface area contributed by atoms with Crippen molar-refractivity contribution in [3.05, 3.63) is 52.0 Å². The topological polar surface area (TPSA) is 59.0 Å². The molecule has 0 aliphatic heterocycles. The molecule has 2 aromatic rings. The van der Waals surface area contributed by atoms with Crippen LogP contribution in [-0.2, 0) is 22.6 Å². The monoisotopic (exact) mass is 532 g/mol. The molecule has 29 heavy (non-hydrogen) atoms. The van der Waals surface area contributed by atoms with E-state index >= 15 is 0 Å². The van der Waals surface area contributed by atoms with Gasteiger partial charge in [0.05, 0.1) is 25.5 Å². The molecule has 1 aromatic carbocycles. The minimum atomic E-state index is 0. The quantitative estimate of drug-likeness (QED) is 0.281. The molecule has 0 aliphatic rings. The fourth-order valence-electron chi connectivity index (χ4n) is 2.66. The van der Waals surface area contributed by atoms with Crippen LogP contribution < -0.4 is 5.32 Å². The molecule has 162 valence electrons. The summed E-state index contributed by atoms with van der Waals surface area (Å²) in [6.07, 6.45) is 0.0261. The maximum atomic E-state index is 5.83. The lowest BCUT2D eigenvalue weighted by Crippen LogP contribution is -2.41. The number of aliphatic imine (C=N–C) groups is 1. The Morgan fingerprint density at radius 3 is 2.66 bits per heavy atom. The number of halogens is 1. The molecular weight excluding hydrogens is 499 g/mol. The van der Waals surface area contributed by atoms with E-state index < -0.39 is 0 Å². The Morgan fingerprint density at radius 2 is 2.00 bits per heavy atom. The van der Waals surface area contributed by atoms with Crippen LogP contribution in [-0.4, -0.2) is 50.2 Å². The summed E-state index contributed by atoms with van der Waals surface area (Å²) in [4.78, 5) is 11.1. The van der Waals surface area contributed by atoms with Crippen molar-refractivity contribution < 1.29 is 9.47 Å². The second-order valence-electron chi connectivity index (χ2n) is 6.95. The minimum absolute atomic E-state index is 0. The average Bonchev–Trinajstić information content (AvgIpc) is 3.17. The zero-order chi connectivity index (χ0) is 20.4. The average molecular weight is 532 g/mol. The van der Waals surface area contributed by atoms with E-state index in [0.717, 1.165) is 23.2 Å². The van der Waals surface area contributed by atoms with Crippen LogP contribution in [0, 0.1) is 5.92 Å². The second-order valence-corrected chi connectivity index (χ2v) is 7.83. The molecule has 1 aromatic heterocycles. The molecular formula is C21H33IN4O2S. The van der Waals surface area contributed by atoms with Gasteiger partial charge in [-0.1, -0.05) is 37.3 Å². The van der Waals surface area contributed by atoms with Crippen molar-refractivity contribution in [1.29, 1.82) is 0 Å². The first-order valence-corrected chi connectivity index (χ1v) is 10.4. The molecule has 0 radical (unpaired) electrons. The third-order valence-electron chi connectivity index (χ3n) is 4.37. The highest BCUT2D eigenvalue weighted by molar-refractivity contribution is 14.0. The summed E-state index contributed by atoms with van der Waals surface area (Å²) >= 11 is 1.63. The summed E-state index contributed by atoms with van der Waals surface area (Å²) in [5, 5.41) is 6.50. The first kappa shape index (κ1) is 25.8. The molecule has 2 rings (SSSR count). The summed E-state index contributed by atoms with van der Waals surface area (Å²) in [7, 11) is 5.52. The predicted molar refractivity (Wildman–Crippen MR) is 131 cm³/mol. The Kier molecular flexibility index (Phi) is 12.4. The fraction of sp³-hybridized carbons (Fsp3) is 0.524. The summed E-state index contributed by atoms with van der Waals surface area (Å²) in [6, 6.07) is 10.2. The van der Waals surface area contributed by atoms with Crippen LogP contribution in [0.3, 0.4) is 0 Å². The predicted octanol–water partition coefficient (Wildman–Crippen LogP) is 4.33. The van der Waals surface area contributed by atoms with Gasteiger partial charge in [0.25, 0.3) is 0 Å². The number of aromatic nitrogens is 1. The first-order valence-electron chi connectivity index (χ1n) is 9.54. The third-order valence-corrected chi connectivity index (χ3v) is 5.42. The van der Waals surface area contributed by atoms with Crippen molar-refractivity contribution in [3.63, 3.8) is 0 Å². The molecule has 1 heterocycles. The van der Waals surface area contributed by atoms with Gasteiger partial charge in [-0.15, -0.1) is 35.3 Å². The van der Waals surface area contributed by atoms with E-state index in [9.17, 15) is 0 Å². The Balaban J connectivity index is 0.00000420. The molecule has 0 saturated carbocycles. The van der Waals surface area contributed by atoms with Crippen molar-refractivity contribution in [2.45, 2.75) is 33.1 Å². The van der Waals surface area contributed by atoms with Crippen LogP contribution in [0.4, 0.5) is 0 Å². The van der Waals surface area contributed by atoms with Crippen molar-refractivity contribution in [3.8, 4) is 0 Å². The molecule has 6 nitrogen and oxygen atoms in total. The molecule has 2 unspecified atom stereocenters. The number of hydrogen-bond donors (Lipinski definition) is 1. The highest BCUT2D eigenvalue weighted by Gasteiger charge is 2.13. The number of guanidine groups is 1. The van der Waals surface area contributed by atoms with E-state index in [0.29, 0.717) is 25.7 Å². The molecule has 0 saturated heterocycles. The van der Waals surface area contributed by atoms with E-state index in [1.165, 1.54) is 5.56 Å². The van der Waals surface area contributed by atoms with Crippen molar-refractivity contribution in [2.24, 2.45) is 10.9 Å². The largest absolute Gasteiger partial charge is 0.376 e. The fourth-order valence-corrected chi connectivity index (χ4v) is 3.50. The zero-order valence-electron chi connectivity index (χ0n) is 17.9. The van der Waals surface area contributed by atoms with Gasteiger partial charge in [0.15, 0.2) is 5.96 Å². The summed E-state index contributed by atoms with van der Waals surface area (Å²) in [6.45, 7) is 7.03. The van der Waals surface area contributed by atoms with Gasteiger partial charge in [0.2, 0.25) is 0 Å². The lowest BCUT2D eigenvalue weighted by molar-refractivity contribution is 0.0929. The highest BCUT2D eigenvalue weighted by Crippen LogP contribution is 2.20. The van der Waals surface area contributed by atoms with Gasteiger partial charge in [0.1, 0.15) is 11.1 Å². The Bertz CT molecular complexity index is 726. The molecule has 1 N–H and O–H groups in total. The molecule has 8 heteroatoms. The molecule has 0 spiro atoms. The van der Waals surface area contributed by atoms with E-state index in [2.05, 4.69) is 44.6 Å². The minimum Gasteiger partial charge on any atom is -0.376 e. The van der Waals surface area contributed by atoms with Crippen molar-refractivity contribution in [2.75, 3.05) is 34.4 Å². The van der Waals surface area contributed by atoms with E-state index in [-0.39, 0.29) is 30.1 Å². The smallest absolute Gasteiger partial charge is 0.193 e. The van der Waals surface area contributed by atoms with Crippen molar-refractivity contribution in [1.82, 2.24) is 15.2 Å². The number of rotatable bonds is 10. The van der Waals surface area contributed by atoms with Crippen molar-refractivity contribution >= 4 is 41.3 Å². The SMILES string of the molecule is CN=C(NCC(C)COCc1ccccc1)N(C)Cc1csc(C(C)OC)n1.I. The van der Waals surface area contributed by atoms with Gasteiger partial charge in [-0.3, -0.25) is 4.99 Å². The number of nitrogens with one attached hydrogen (secondary N) is 1. The Hall–Kier alpha value is -1.23. The van der Waals surface area contributed by atoms with Crippen LogP contribution in [0.2, 0.25) is 0 Å². The Morgan fingerprint density at radius 1 is 1.28 bits per heavy atom. The summed E-state index contributed by atoms with van der Waals surface area (Å²) < 4.78 is 11.2. The molecule has 0 bridgehead atoms. The second kappa shape index (κ2) is 13.9. The van der Waals surface area contributed by atoms with Crippen LogP contribution in [0.15, 0.2) is 40.7 Å². The molecule has 0 amide bonds. The van der Waals surface area contributed by atoms with Gasteiger partial charge in [-0.25, -0.2) is 4.98 Å². The first-order chi connectivity index (χ1) is 13.5. The van der Waals surface area contributed by atoms with Crippen LogP contribution in [0.25, 0.3) is 0 Å². The number of ether oxygens (including phenoxy) is 2. The van der Waals surface area contributed by atoms with Crippen LogP contribution in [0.1, 0.15) is 36.2 Å². The normalized spacial score (nSPS) is 13.5. The van der Waals surface area contributed by atoms with E-state index in [1.807, 2.05) is 32.2 Å². The van der Waals surface area contributed by atoms with Crippen LogP contribution in [0.5, 0.6) is 0 Å². The maximum Gasteiger partial charge on any atom is 0.193 e. The Labute approximate surface area is 195 Å². The molecule has 2 atom stereocenters.